The van der Waals surface area contributed by atoms with E-state index >= 15 is 0 Å². The molecule has 2 N–H and O–H groups in total. The first-order valence-corrected chi connectivity index (χ1v) is 15.4. The first kappa shape index (κ1) is 30.4. The summed E-state index contributed by atoms with van der Waals surface area (Å²) in [5.41, 5.74) is 6.68. The van der Waals surface area contributed by atoms with Gasteiger partial charge in [-0.3, -0.25) is 0 Å². The number of carbonyl (C=O) groups is 1. The van der Waals surface area contributed by atoms with Gasteiger partial charge in [-0.25, -0.2) is 4.79 Å². The smallest absolute Gasteiger partial charge is 0.368 e. The average molecular weight is 573 g/mol. The van der Waals surface area contributed by atoms with Crippen molar-refractivity contribution in [3.8, 4) is 0 Å². The van der Waals surface area contributed by atoms with Gasteiger partial charge in [0.25, 0.3) is 0 Å². The van der Waals surface area contributed by atoms with E-state index in [0.29, 0.717) is 24.4 Å². The van der Waals surface area contributed by atoms with Gasteiger partial charge < -0.3 is 20.0 Å². The van der Waals surface area contributed by atoms with Crippen LogP contribution < -0.4 is 4.90 Å². The van der Waals surface area contributed by atoms with Gasteiger partial charge in [0.2, 0.25) is 0 Å². The van der Waals surface area contributed by atoms with E-state index in [1.807, 2.05) is 53.4 Å². The van der Waals surface area contributed by atoms with Crippen molar-refractivity contribution in [1.82, 2.24) is 0 Å². The van der Waals surface area contributed by atoms with E-state index in [2.05, 4.69) is 43.3 Å². The molecule has 0 spiro atoms. The van der Waals surface area contributed by atoms with Crippen LogP contribution in [0.2, 0.25) is 0 Å². The van der Waals surface area contributed by atoms with E-state index in [4.69, 9.17) is 4.84 Å². The molecule has 0 amide bonds. The minimum Gasteiger partial charge on any atom is -0.395 e. The number of rotatable bonds is 15. The lowest BCUT2D eigenvalue weighted by Gasteiger charge is -2.22. The Kier molecular flexibility index (Phi) is 11.5. The van der Waals surface area contributed by atoms with E-state index in [9.17, 15) is 15.0 Å². The van der Waals surface area contributed by atoms with E-state index in [1.165, 1.54) is 16.0 Å². The molecule has 6 nitrogen and oxygen atoms in total. The van der Waals surface area contributed by atoms with Crippen LogP contribution in [0.5, 0.6) is 0 Å². The third kappa shape index (κ3) is 7.82. The molecule has 41 heavy (non-hydrogen) atoms. The summed E-state index contributed by atoms with van der Waals surface area (Å²) in [5.74, 6) is -0.414. The summed E-state index contributed by atoms with van der Waals surface area (Å²) in [5, 5.41) is 22.8. The highest BCUT2D eigenvalue weighted by molar-refractivity contribution is 7.14. The normalized spacial score (nSPS) is 14.2. The molecule has 2 aromatic carbocycles. The zero-order chi connectivity index (χ0) is 29.0. The maximum absolute atomic E-state index is 12.8. The molecule has 0 aliphatic carbocycles. The summed E-state index contributed by atoms with van der Waals surface area (Å²) in [7, 11) is 0. The number of hydrogen-bond acceptors (Lipinski definition) is 7. The molecule has 4 rings (SSSR count). The van der Waals surface area contributed by atoms with Crippen molar-refractivity contribution in [2.45, 2.75) is 52.4 Å². The number of nitrogens with zero attached hydrogens (tertiary/aromatic N) is 2. The van der Waals surface area contributed by atoms with Gasteiger partial charge in [0.15, 0.2) is 0 Å². The lowest BCUT2D eigenvalue weighted by Crippen LogP contribution is -2.29. The van der Waals surface area contributed by atoms with Gasteiger partial charge in [-0.1, -0.05) is 80.4 Å². The number of unbranched alkanes of at least 4 members (excludes halogenated alkanes) is 2. The first-order valence-electron chi connectivity index (χ1n) is 14.6. The molecule has 3 aromatic rings. The van der Waals surface area contributed by atoms with Crippen LogP contribution in [0.3, 0.4) is 0 Å². The predicted octanol–water partition coefficient (Wildman–Crippen LogP) is 6.74. The van der Waals surface area contributed by atoms with Crippen LogP contribution in [0.15, 0.2) is 65.3 Å². The highest BCUT2D eigenvalue weighted by atomic mass is 32.1. The minimum absolute atomic E-state index is 0.0375. The number of thiophene rings is 1. The highest BCUT2D eigenvalue weighted by Gasteiger charge is 2.28. The van der Waals surface area contributed by atoms with E-state index in [1.54, 1.807) is 11.3 Å². The third-order valence-corrected chi connectivity index (χ3v) is 8.37. The monoisotopic (exact) mass is 572 g/mol. The highest BCUT2D eigenvalue weighted by Crippen LogP contribution is 2.36. The second-order valence-corrected chi connectivity index (χ2v) is 11.2. The molecule has 1 aliphatic heterocycles. The molecule has 0 atom stereocenters. The van der Waals surface area contributed by atoms with Crippen molar-refractivity contribution in [1.29, 1.82) is 0 Å². The standard InChI is InChI=1S/C34H40N2O4S/c1-3-5-12-28-29(13-6-4-2)32(24-30-33(35-40-34(30)39)26-10-8-7-9-11-26)41-31(28)19-16-25-14-17-27(18-15-25)36(20-22-37)21-23-38/h7-11,14-19,24,37-38H,3-6,12-13,20-23H2,1-2H3/b19-16+,30-24-. The zero-order valence-corrected chi connectivity index (χ0v) is 24.8. The fourth-order valence-corrected chi connectivity index (χ4v) is 6.22. The van der Waals surface area contributed by atoms with Gasteiger partial charge in [0, 0.05) is 34.1 Å². The Morgan fingerprint density at radius 1 is 0.854 bits per heavy atom. The summed E-state index contributed by atoms with van der Waals surface area (Å²) < 4.78 is 0. The van der Waals surface area contributed by atoms with Crippen LogP contribution in [0, 0.1) is 0 Å². The Morgan fingerprint density at radius 2 is 1.49 bits per heavy atom. The van der Waals surface area contributed by atoms with Crippen molar-refractivity contribution in [2.24, 2.45) is 5.16 Å². The van der Waals surface area contributed by atoms with Gasteiger partial charge in [-0.2, -0.15) is 0 Å². The van der Waals surface area contributed by atoms with Gasteiger partial charge in [-0.15, -0.1) is 11.3 Å². The Hall–Kier alpha value is -3.52. The fraction of sp³-hybridized carbons (Fsp3) is 0.353. The minimum atomic E-state index is -0.414. The number of oxime groups is 1. The van der Waals surface area contributed by atoms with Crippen molar-refractivity contribution < 1.29 is 19.8 Å². The molecule has 0 saturated carbocycles. The molecule has 0 unspecified atom stereocenters. The van der Waals surface area contributed by atoms with Crippen molar-refractivity contribution in [3.05, 3.63) is 92.2 Å². The summed E-state index contributed by atoms with van der Waals surface area (Å²) in [4.78, 5) is 22.2. The van der Waals surface area contributed by atoms with Crippen LogP contribution >= 0.6 is 11.3 Å². The summed E-state index contributed by atoms with van der Waals surface area (Å²) in [6.07, 6.45) is 12.7. The van der Waals surface area contributed by atoms with Crippen LogP contribution in [-0.2, 0) is 22.5 Å². The molecule has 0 radical (unpaired) electrons. The van der Waals surface area contributed by atoms with Crippen LogP contribution in [0.4, 0.5) is 5.69 Å². The van der Waals surface area contributed by atoms with Gasteiger partial charge in [0.1, 0.15) is 5.71 Å². The number of hydrogen-bond donors (Lipinski definition) is 2. The van der Waals surface area contributed by atoms with Crippen LogP contribution in [0.1, 0.15) is 71.5 Å². The molecule has 0 fully saturated rings. The average Bonchev–Trinajstić information content (AvgIpc) is 3.53. The van der Waals surface area contributed by atoms with Crippen molar-refractivity contribution in [3.63, 3.8) is 0 Å². The quantitative estimate of drug-likeness (QED) is 0.156. The number of benzene rings is 2. The molecule has 0 bridgehead atoms. The molecule has 1 aliphatic rings. The second kappa shape index (κ2) is 15.5. The topological polar surface area (TPSA) is 82.4 Å². The van der Waals surface area contributed by atoms with Crippen molar-refractivity contribution >= 4 is 46.9 Å². The summed E-state index contributed by atoms with van der Waals surface area (Å²) in [6.45, 7) is 5.46. The molecule has 2 heterocycles. The Labute approximate surface area is 247 Å². The van der Waals surface area contributed by atoms with Crippen molar-refractivity contribution in [2.75, 3.05) is 31.2 Å². The second-order valence-electron chi connectivity index (χ2n) is 10.1. The Bertz CT molecular complexity index is 1370. The SMILES string of the molecule is CCCCc1c(/C=C2\C(=O)ON=C2c2ccccc2)sc(/C=C/c2ccc(N(CCO)CCO)cc2)c1CCCC. The van der Waals surface area contributed by atoms with Gasteiger partial charge in [-0.05, 0) is 66.7 Å². The molecule has 0 saturated heterocycles. The summed E-state index contributed by atoms with van der Waals surface area (Å²) in [6, 6.07) is 17.9. The summed E-state index contributed by atoms with van der Waals surface area (Å²) >= 11 is 1.72. The molecule has 1 aromatic heterocycles. The number of aliphatic hydroxyl groups is 2. The predicted molar refractivity (Wildman–Crippen MR) is 170 cm³/mol. The third-order valence-electron chi connectivity index (χ3n) is 7.18. The van der Waals surface area contributed by atoms with Gasteiger partial charge >= 0.3 is 5.97 Å². The maximum atomic E-state index is 12.8. The lowest BCUT2D eigenvalue weighted by molar-refractivity contribution is -0.136. The number of anilines is 1. The first-order chi connectivity index (χ1) is 20.1. The zero-order valence-electron chi connectivity index (χ0n) is 24.0. The lowest BCUT2D eigenvalue weighted by atomic mass is 9.96. The van der Waals surface area contributed by atoms with E-state index < -0.39 is 5.97 Å². The maximum Gasteiger partial charge on any atom is 0.368 e. The van der Waals surface area contributed by atoms with Gasteiger partial charge in [0.05, 0.1) is 18.8 Å². The van der Waals surface area contributed by atoms with E-state index in [-0.39, 0.29) is 13.2 Å². The molecule has 216 valence electrons. The Morgan fingerprint density at radius 3 is 2.10 bits per heavy atom. The number of aliphatic hydroxyl groups excluding tert-OH is 2. The molecule has 7 heteroatoms. The Balaban J connectivity index is 1.70. The molecular weight excluding hydrogens is 532 g/mol. The fourth-order valence-electron chi connectivity index (χ4n) is 4.97. The van der Waals surface area contributed by atoms with Crippen LogP contribution in [0.25, 0.3) is 18.2 Å². The van der Waals surface area contributed by atoms with E-state index in [0.717, 1.165) is 60.2 Å². The largest absolute Gasteiger partial charge is 0.395 e. The van der Waals surface area contributed by atoms with Crippen LogP contribution in [-0.4, -0.2) is 48.2 Å². The molecular formula is C34H40N2O4S. The number of carbonyl (C=O) groups excluding carboxylic acids is 1.